The third-order valence-electron chi connectivity index (χ3n) is 2.89. The fourth-order valence-electron chi connectivity index (χ4n) is 1.73. The number of nitriles is 1. The van der Waals surface area contributed by atoms with Crippen LogP contribution in [0.1, 0.15) is 22.4 Å². The number of pyridine rings is 1. The predicted molar refractivity (Wildman–Crippen MR) is 72.5 cm³/mol. The zero-order valence-corrected chi connectivity index (χ0v) is 11.2. The quantitative estimate of drug-likeness (QED) is 0.933. The molecule has 1 heterocycles. The van der Waals surface area contributed by atoms with Crippen LogP contribution in [0.3, 0.4) is 0 Å². The molecule has 21 heavy (non-hydrogen) atoms. The zero-order valence-electron chi connectivity index (χ0n) is 11.2. The second-order valence-electron chi connectivity index (χ2n) is 4.54. The first kappa shape index (κ1) is 14.9. The Bertz CT molecular complexity index is 670. The molecule has 1 aromatic heterocycles. The van der Waals surface area contributed by atoms with Crippen molar-refractivity contribution in [2.24, 2.45) is 0 Å². The van der Waals surface area contributed by atoms with E-state index in [1.165, 1.54) is 0 Å². The van der Waals surface area contributed by atoms with Gasteiger partial charge in [-0.2, -0.15) is 18.4 Å². The summed E-state index contributed by atoms with van der Waals surface area (Å²) < 4.78 is 37.9. The summed E-state index contributed by atoms with van der Waals surface area (Å²) >= 11 is 0. The van der Waals surface area contributed by atoms with Gasteiger partial charge in [0.15, 0.2) is 0 Å². The lowest BCUT2D eigenvalue weighted by Crippen LogP contribution is -2.11. The van der Waals surface area contributed by atoms with Crippen molar-refractivity contribution in [3.63, 3.8) is 0 Å². The summed E-state index contributed by atoms with van der Waals surface area (Å²) in [4.78, 5) is 3.49. The highest BCUT2D eigenvalue weighted by molar-refractivity contribution is 5.52. The van der Waals surface area contributed by atoms with Gasteiger partial charge in [-0.1, -0.05) is 29.8 Å². The molecular formula is C15H12F3N3. The molecule has 0 saturated carbocycles. The maximum atomic E-state index is 12.6. The van der Waals surface area contributed by atoms with Crippen LogP contribution in [-0.2, 0) is 12.7 Å². The van der Waals surface area contributed by atoms with Crippen molar-refractivity contribution in [3.05, 3.63) is 58.8 Å². The van der Waals surface area contributed by atoms with E-state index in [-0.39, 0.29) is 11.4 Å². The van der Waals surface area contributed by atoms with E-state index < -0.39 is 11.9 Å². The fourth-order valence-corrected chi connectivity index (χ4v) is 1.73. The molecule has 3 nitrogen and oxygen atoms in total. The van der Waals surface area contributed by atoms with E-state index in [1.54, 1.807) is 0 Å². The SMILES string of the molecule is Cc1ccc(CNc2nc(C(F)(F)F)ccc2C#N)cc1. The maximum absolute atomic E-state index is 12.6. The molecule has 0 aliphatic rings. The molecule has 0 amide bonds. The van der Waals surface area contributed by atoms with Gasteiger partial charge in [0.1, 0.15) is 17.6 Å². The van der Waals surface area contributed by atoms with Crippen LogP contribution in [0, 0.1) is 18.3 Å². The lowest BCUT2D eigenvalue weighted by Gasteiger charge is -2.11. The van der Waals surface area contributed by atoms with Crippen LogP contribution in [0.2, 0.25) is 0 Å². The van der Waals surface area contributed by atoms with Crippen molar-refractivity contribution < 1.29 is 13.2 Å². The number of aryl methyl sites for hydroxylation is 1. The zero-order chi connectivity index (χ0) is 15.5. The number of nitrogens with one attached hydrogen (secondary N) is 1. The van der Waals surface area contributed by atoms with E-state index in [2.05, 4.69) is 10.3 Å². The Hall–Kier alpha value is -2.55. The number of rotatable bonds is 3. The van der Waals surface area contributed by atoms with Gasteiger partial charge in [0.2, 0.25) is 0 Å². The van der Waals surface area contributed by atoms with Crippen molar-refractivity contribution in [1.29, 1.82) is 5.26 Å². The first-order valence-electron chi connectivity index (χ1n) is 6.18. The van der Waals surface area contributed by atoms with E-state index in [1.807, 2.05) is 37.3 Å². The second-order valence-corrected chi connectivity index (χ2v) is 4.54. The first-order valence-corrected chi connectivity index (χ1v) is 6.18. The van der Waals surface area contributed by atoms with Crippen LogP contribution in [0.5, 0.6) is 0 Å². The molecule has 0 saturated heterocycles. The molecular weight excluding hydrogens is 279 g/mol. The van der Waals surface area contributed by atoms with E-state index in [0.717, 1.165) is 23.3 Å². The summed E-state index contributed by atoms with van der Waals surface area (Å²) in [5.74, 6) is -0.0621. The summed E-state index contributed by atoms with van der Waals surface area (Å²) in [5.41, 5.74) is 1.04. The Balaban J connectivity index is 2.22. The van der Waals surface area contributed by atoms with Gasteiger partial charge in [-0.25, -0.2) is 4.98 Å². The number of hydrogen-bond donors (Lipinski definition) is 1. The number of halogens is 3. The standard InChI is InChI=1S/C15H12F3N3/c1-10-2-4-11(5-3-10)9-20-14-12(8-19)6-7-13(21-14)15(16,17)18/h2-7H,9H2,1H3,(H,20,21). The molecule has 1 N–H and O–H groups in total. The third-order valence-corrected chi connectivity index (χ3v) is 2.89. The molecule has 0 unspecified atom stereocenters. The van der Waals surface area contributed by atoms with Gasteiger partial charge >= 0.3 is 6.18 Å². The number of nitrogens with zero attached hydrogens (tertiary/aromatic N) is 2. The normalized spacial score (nSPS) is 11.0. The first-order chi connectivity index (χ1) is 9.90. The maximum Gasteiger partial charge on any atom is 0.433 e. The summed E-state index contributed by atoms with van der Waals surface area (Å²) in [7, 11) is 0. The minimum atomic E-state index is -4.53. The van der Waals surface area contributed by atoms with Gasteiger partial charge in [0.25, 0.3) is 0 Å². The number of benzene rings is 1. The number of aromatic nitrogens is 1. The molecule has 2 aromatic rings. The minimum absolute atomic E-state index is 0.0621. The number of alkyl halides is 3. The Labute approximate surface area is 120 Å². The van der Waals surface area contributed by atoms with E-state index in [0.29, 0.717) is 6.54 Å². The van der Waals surface area contributed by atoms with Crippen LogP contribution >= 0.6 is 0 Å². The van der Waals surface area contributed by atoms with Gasteiger partial charge in [-0.3, -0.25) is 0 Å². The lowest BCUT2D eigenvalue weighted by molar-refractivity contribution is -0.141. The fraction of sp³-hybridized carbons (Fsp3) is 0.200. The molecule has 6 heteroatoms. The lowest BCUT2D eigenvalue weighted by atomic mass is 10.1. The molecule has 2 rings (SSSR count). The topological polar surface area (TPSA) is 48.7 Å². The molecule has 0 bridgehead atoms. The van der Waals surface area contributed by atoms with E-state index in [9.17, 15) is 13.2 Å². The Morgan fingerprint density at radius 3 is 2.38 bits per heavy atom. The summed E-state index contributed by atoms with van der Waals surface area (Å²) in [5, 5.41) is 11.7. The average molecular weight is 291 g/mol. The van der Waals surface area contributed by atoms with Crippen LogP contribution in [0.4, 0.5) is 19.0 Å². The summed E-state index contributed by atoms with van der Waals surface area (Å²) in [6.07, 6.45) is -4.53. The molecule has 0 spiro atoms. The van der Waals surface area contributed by atoms with Crippen molar-refractivity contribution in [2.75, 3.05) is 5.32 Å². The third kappa shape index (κ3) is 3.72. The van der Waals surface area contributed by atoms with Crippen molar-refractivity contribution >= 4 is 5.82 Å². The molecule has 1 aromatic carbocycles. The van der Waals surface area contributed by atoms with Crippen LogP contribution < -0.4 is 5.32 Å². The highest BCUT2D eigenvalue weighted by Crippen LogP contribution is 2.29. The van der Waals surface area contributed by atoms with Crippen LogP contribution in [-0.4, -0.2) is 4.98 Å². The minimum Gasteiger partial charge on any atom is -0.365 e. The number of hydrogen-bond acceptors (Lipinski definition) is 3. The summed E-state index contributed by atoms with van der Waals surface area (Å²) in [6.45, 7) is 2.24. The summed E-state index contributed by atoms with van der Waals surface area (Å²) in [6, 6.07) is 11.3. The van der Waals surface area contributed by atoms with Gasteiger partial charge < -0.3 is 5.32 Å². The Morgan fingerprint density at radius 1 is 1.14 bits per heavy atom. The molecule has 0 radical (unpaired) electrons. The largest absolute Gasteiger partial charge is 0.433 e. The number of anilines is 1. The Morgan fingerprint density at radius 2 is 1.81 bits per heavy atom. The smallest absolute Gasteiger partial charge is 0.365 e. The highest BCUT2D eigenvalue weighted by Gasteiger charge is 2.33. The van der Waals surface area contributed by atoms with Crippen LogP contribution in [0.15, 0.2) is 36.4 Å². The van der Waals surface area contributed by atoms with Gasteiger partial charge in [0, 0.05) is 6.54 Å². The molecule has 108 valence electrons. The molecule has 0 aliphatic heterocycles. The average Bonchev–Trinajstić information content (AvgIpc) is 2.45. The molecule has 0 fully saturated rings. The Kier molecular flexibility index (Phi) is 4.13. The van der Waals surface area contributed by atoms with Crippen molar-refractivity contribution in [3.8, 4) is 6.07 Å². The van der Waals surface area contributed by atoms with Gasteiger partial charge in [-0.15, -0.1) is 0 Å². The predicted octanol–water partition coefficient (Wildman–Crippen LogP) is 3.89. The molecule has 0 aliphatic carbocycles. The van der Waals surface area contributed by atoms with E-state index >= 15 is 0 Å². The van der Waals surface area contributed by atoms with Crippen molar-refractivity contribution in [1.82, 2.24) is 4.98 Å². The van der Waals surface area contributed by atoms with E-state index in [4.69, 9.17) is 5.26 Å². The van der Waals surface area contributed by atoms with Gasteiger partial charge in [0.05, 0.1) is 5.56 Å². The second kappa shape index (κ2) is 5.83. The monoisotopic (exact) mass is 291 g/mol. The highest BCUT2D eigenvalue weighted by atomic mass is 19.4. The van der Waals surface area contributed by atoms with Crippen molar-refractivity contribution in [2.45, 2.75) is 19.6 Å². The molecule has 0 atom stereocenters. The van der Waals surface area contributed by atoms with Gasteiger partial charge in [-0.05, 0) is 24.6 Å². The van der Waals surface area contributed by atoms with Crippen LogP contribution in [0.25, 0.3) is 0 Å².